The number of carbonyl (C=O) groups excluding carboxylic acids is 1. The summed E-state index contributed by atoms with van der Waals surface area (Å²) >= 11 is 0.981. The zero-order valence-electron chi connectivity index (χ0n) is 13.3. The molecule has 0 saturated heterocycles. The van der Waals surface area contributed by atoms with E-state index in [0.29, 0.717) is 16.3 Å². The van der Waals surface area contributed by atoms with Crippen LogP contribution in [0.4, 0.5) is 18.9 Å². The van der Waals surface area contributed by atoms with Crippen LogP contribution in [-0.2, 0) is 6.18 Å². The highest BCUT2D eigenvalue weighted by Gasteiger charge is 2.31. The SMILES string of the molecule is Cc1nc2ccc(C(F)(F)F)cn2c1C(=O)Nc1ccc(SC#N)cc1. The number of nitrogens with one attached hydrogen (secondary N) is 1. The molecule has 5 nitrogen and oxygen atoms in total. The minimum Gasteiger partial charge on any atom is -0.321 e. The fourth-order valence-corrected chi connectivity index (χ4v) is 2.83. The highest BCUT2D eigenvalue weighted by molar-refractivity contribution is 8.03. The van der Waals surface area contributed by atoms with Gasteiger partial charge in [0.15, 0.2) is 0 Å². The molecule has 2 heterocycles. The van der Waals surface area contributed by atoms with E-state index >= 15 is 0 Å². The molecule has 0 spiro atoms. The first kappa shape index (κ1) is 17.8. The zero-order valence-corrected chi connectivity index (χ0v) is 14.1. The standard InChI is InChI=1S/C17H11F3N4OS/c1-10-15(16(25)23-12-3-5-13(6-4-12)26-9-21)24-8-11(17(18,19)20)2-7-14(24)22-10/h2-8H,1H3,(H,23,25). The number of nitrogens with zero attached hydrogens (tertiary/aromatic N) is 3. The van der Waals surface area contributed by atoms with Gasteiger partial charge in [0, 0.05) is 16.8 Å². The Morgan fingerprint density at radius 1 is 1.23 bits per heavy atom. The number of hydrogen-bond donors (Lipinski definition) is 1. The van der Waals surface area contributed by atoms with Crippen molar-refractivity contribution < 1.29 is 18.0 Å². The van der Waals surface area contributed by atoms with E-state index in [1.54, 1.807) is 31.2 Å². The Morgan fingerprint density at radius 3 is 2.54 bits per heavy atom. The van der Waals surface area contributed by atoms with Crippen molar-refractivity contribution in [2.45, 2.75) is 18.0 Å². The fraction of sp³-hybridized carbons (Fsp3) is 0.118. The quantitative estimate of drug-likeness (QED) is 0.540. The summed E-state index contributed by atoms with van der Waals surface area (Å²) in [5, 5.41) is 13.2. The van der Waals surface area contributed by atoms with E-state index < -0.39 is 17.6 Å². The molecule has 0 aliphatic carbocycles. The summed E-state index contributed by atoms with van der Waals surface area (Å²) in [7, 11) is 0. The number of aromatic nitrogens is 2. The number of hydrogen-bond acceptors (Lipinski definition) is 4. The van der Waals surface area contributed by atoms with E-state index in [9.17, 15) is 18.0 Å². The van der Waals surface area contributed by atoms with E-state index in [-0.39, 0.29) is 11.3 Å². The normalized spacial score (nSPS) is 11.3. The van der Waals surface area contributed by atoms with Gasteiger partial charge in [-0.3, -0.25) is 9.20 Å². The first-order chi connectivity index (χ1) is 12.3. The van der Waals surface area contributed by atoms with Crippen LogP contribution >= 0.6 is 11.8 Å². The highest BCUT2D eigenvalue weighted by atomic mass is 32.2. The van der Waals surface area contributed by atoms with Gasteiger partial charge in [-0.2, -0.15) is 18.4 Å². The van der Waals surface area contributed by atoms with E-state index in [1.165, 1.54) is 6.07 Å². The zero-order chi connectivity index (χ0) is 18.9. The van der Waals surface area contributed by atoms with Gasteiger partial charge in [0.05, 0.1) is 11.3 Å². The number of pyridine rings is 1. The summed E-state index contributed by atoms with van der Waals surface area (Å²) in [5.74, 6) is -0.574. The number of amides is 1. The van der Waals surface area contributed by atoms with Crippen molar-refractivity contribution in [3.63, 3.8) is 0 Å². The second kappa shape index (κ2) is 6.72. The Morgan fingerprint density at radius 2 is 1.92 bits per heavy atom. The molecule has 26 heavy (non-hydrogen) atoms. The lowest BCUT2D eigenvalue weighted by molar-refractivity contribution is -0.137. The number of aryl methyl sites for hydroxylation is 1. The molecular formula is C17H11F3N4OS. The predicted octanol–water partition coefficient (Wildman–Crippen LogP) is 4.49. The van der Waals surface area contributed by atoms with Gasteiger partial charge in [-0.05, 0) is 55.1 Å². The summed E-state index contributed by atoms with van der Waals surface area (Å²) in [4.78, 5) is 17.4. The van der Waals surface area contributed by atoms with Gasteiger partial charge in [-0.1, -0.05) is 0 Å². The van der Waals surface area contributed by atoms with E-state index in [4.69, 9.17) is 5.26 Å². The molecule has 9 heteroatoms. The van der Waals surface area contributed by atoms with Crippen LogP contribution in [-0.4, -0.2) is 15.3 Å². The molecule has 1 amide bonds. The molecule has 0 aliphatic rings. The maximum absolute atomic E-state index is 12.9. The number of benzene rings is 1. The summed E-state index contributed by atoms with van der Waals surface area (Å²) in [6.45, 7) is 1.56. The molecule has 0 fully saturated rings. The average molecular weight is 376 g/mol. The van der Waals surface area contributed by atoms with Gasteiger partial charge in [0.1, 0.15) is 16.7 Å². The molecule has 1 aromatic carbocycles. The number of rotatable bonds is 3. The van der Waals surface area contributed by atoms with Gasteiger partial charge in [0.25, 0.3) is 5.91 Å². The second-order valence-corrected chi connectivity index (χ2v) is 6.22. The summed E-state index contributed by atoms with van der Waals surface area (Å²) in [6.07, 6.45) is -3.66. The van der Waals surface area contributed by atoms with Crippen LogP contribution in [0.3, 0.4) is 0 Å². The number of halogens is 3. The number of nitriles is 1. The van der Waals surface area contributed by atoms with Crippen LogP contribution in [0.25, 0.3) is 5.65 Å². The van der Waals surface area contributed by atoms with Crippen molar-refractivity contribution in [2.75, 3.05) is 5.32 Å². The minimum absolute atomic E-state index is 0.0292. The number of thiocyanates is 1. The van der Waals surface area contributed by atoms with Crippen LogP contribution in [0.5, 0.6) is 0 Å². The molecule has 0 saturated carbocycles. The maximum Gasteiger partial charge on any atom is 0.417 e. The number of carbonyl (C=O) groups is 1. The molecule has 2 aromatic heterocycles. The topological polar surface area (TPSA) is 70.2 Å². The van der Waals surface area contributed by atoms with Crippen LogP contribution in [0.15, 0.2) is 47.5 Å². The van der Waals surface area contributed by atoms with Crippen molar-refractivity contribution in [1.82, 2.24) is 9.38 Å². The number of alkyl halides is 3. The lowest BCUT2D eigenvalue weighted by Gasteiger charge is -2.09. The van der Waals surface area contributed by atoms with Crippen molar-refractivity contribution in [3.05, 3.63) is 59.5 Å². The number of anilines is 1. The molecule has 132 valence electrons. The Labute approximate surface area is 150 Å². The largest absolute Gasteiger partial charge is 0.417 e. The van der Waals surface area contributed by atoms with Gasteiger partial charge in [-0.25, -0.2) is 4.98 Å². The number of fused-ring (bicyclic) bond motifs is 1. The fourth-order valence-electron chi connectivity index (χ4n) is 2.45. The van der Waals surface area contributed by atoms with Crippen LogP contribution < -0.4 is 5.32 Å². The number of imidazole rings is 1. The molecule has 0 atom stereocenters. The molecule has 3 rings (SSSR count). The van der Waals surface area contributed by atoms with E-state index in [2.05, 4.69) is 10.3 Å². The van der Waals surface area contributed by atoms with Crippen molar-refractivity contribution >= 4 is 29.0 Å². The van der Waals surface area contributed by atoms with Gasteiger partial charge >= 0.3 is 6.18 Å². The molecule has 0 bridgehead atoms. The summed E-state index contributed by atoms with van der Waals surface area (Å²) < 4.78 is 40.0. The smallest absolute Gasteiger partial charge is 0.321 e. The molecular weight excluding hydrogens is 365 g/mol. The highest BCUT2D eigenvalue weighted by Crippen LogP contribution is 2.30. The lowest BCUT2D eigenvalue weighted by atomic mass is 10.2. The van der Waals surface area contributed by atoms with Gasteiger partial charge < -0.3 is 5.32 Å². The van der Waals surface area contributed by atoms with Crippen molar-refractivity contribution in [3.8, 4) is 5.40 Å². The third-order valence-corrected chi connectivity index (χ3v) is 4.21. The number of thioether (sulfide) groups is 1. The van der Waals surface area contributed by atoms with E-state index in [0.717, 1.165) is 28.4 Å². The third kappa shape index (κ3) is 3.50. The van der Waals surface area contributed by atoms with Crippen molar-refractivity contribution in [1.29, 1.82) is 5.26 Å². The monoisotopic (exact) mass is 376 g/mol. The van der Waals surface area contributed by atoms with Crippen molar-refractivity contribution in [2.24, 2.45) is 0 Å². The second-order valence-electron chi connectivity index (χ2n) is 5.36. The predicted molar refractivity (Wildman–Crippen MR) is 90.8 cm³/mol. The van der Waals surface area contributed by atoms with Crippen LogP contribution in [0.1, 0.15) is 21.7 Å². The van der Waals surface area contributed by atoms with E-state index in [1.807, 2.05) is 5.40 Å². The summed E-state index contributed by atoms with van der Waals surface area (Å²) in [5.41, 5.74) is 0.189. The average Bonchev–Trinajstić information content (AvgIpc) is 2.91. The van der Waals surface area contributed by atoms with Crippen LogP contribution in [0, 0.1) is 17.6 Å². The lowest BCUT2D eigenvalue weighted by Crippen LogP contribution is -2.16. The van der Waals surface area contributed by atoms with Gasteiger partial charge in [0.2, 0.25) is 0 Å². The Bertz CT molecular complexity index is 1020. The molecule has 0 aliphatic heterocycles. The molecule has 0 radical (unpaired) electrons. The first-order valence-electron chi connectivity index (χ1n) is 7.33. The third-order valence-electron chi connectivity index (χ3n) is 3.61. The first-order valence-corrected chi connectivity index (χ1v) is 8.14. The Balaban J connectivity index is 1.94. The molecule has 0 unspecified atom stereocenters. The maximum atomic E-state index is 12.9. The molecule has 3 aromatic rings. The Hall–Kier alpha value is -2.99. The Kier molecular flexibility index (Phi) is 4.61. The summed E-state index contributed by atoms with van der Waals surface area (Å²) in [6, 6.07) is 8.68. The minimum atomic E-state index is -4.52. The van der Waals surface area contributed by atoms with Gasteiger partial charge in [-0.15, -0.1) is 0 Å². The molecule has 1 N–H and O–H groups in total. The van der Waals surface area contributed by atoms with Crippen LogP contribution in [0.2, 0.25) is 0 Å².